The summed E-state index contributed by atoms with van der Waals surface area (Å²) in [4.78, 5) is 36.7. The molecule has 1 saturated carbocycles. The molecule has 46 heavy (non-hydrogen) atoms. The third kappa shape index (κ3) is 21.0. The van der Waals surface area contributed by atoms with Crippen molar-refractivity contribution < 1.29 is 39.2 Å². The van der Waals surface area contributed by atoms with Crippen molar-refractivity contribution in [3.63, 3.8) is 0 Å². The van der Waals surface area contributed by atoms with Crippen LogP contribution in [0.2, 0.25) is 0 Å². The van der Waals surface area contributed by atoms with E-state index in [2.05, 4.69) is 20.8 Å². The van der Waals surface area contributed by atoms with E-state index in [1.165, 1.54) is 44.9 Å². The molecule has 1 fully saturated rings. The number of hydrogen-bond donors (Lipinski definition) is 3. The van der Waals surface area contributed by atoms with E-state index in [0.717, 1.165) is 44.4 Å². The van der Waals surface area contributed by atoms with Crippen molar-refractivity contribution >= 4 is 17.7 Å². The van der Waals surface area contributed by atoms with Crippen molar-refractivity contribution in [2.24, 2.45) is 17.8 Å². The minimum absolute atomic E-state index is 0.0279. The van der Waals surface area contributed by atoms with Crippen molar-refractivity contribution in [2.75, 3.05) is 13.2 Å². The van der Waals surface area contributed by atoms with Crippen LogP contribution in [0.1, 0.15) is 149 Å². The number of ketones is 1. The van der Waals surface area contributed by atoms with E-state index in [-0.39, 0.29) is 43.0 Å². The lowest BCUT2D eigenvalue weighted by Gasteiger charge is -2.16. The van der Waals surface area contributed by atoms with Gasteiger partial charge in [-0.3, -0.25) is 14.4 Å². The minimum Gasteiger partial charge on any atom is -0.462 e. The number of aliphatic hydroxyl groups is 3. The van der Waals surface area contributed by atoms with Gasteiger partial charge in [0.25, 0.3) is 0 Å². The zero-order valence-corrected chi connectivity index (χ0v) is 29.2. The molecule has 8 nitrogen and oxygen atoms in total. The molecule has 0 aromatic heterocycles. The van der Waals surface area contributed by atoms with E-state index < -0.39 is 30.9 Å². The zero-order valence-electron chi connectivity index (χ0n) is 29.2. The van der Waals surface area contributed by atoms with Crippen molar-refractivity contribution in [1.82, 2.24) is 0 Å². The van der Waals surface area contributed by atoms with E-state index >= 15 is 0 Å². The Hall–Kier alpha value is -2.03. The van der Waals surface area contributed by atoms with E-state index in [1.54, 1.807) is 12.2 Å². The lowest BCUT2D eigenvalue weighted by atomic mass is 9.90. The van der Waals surface area contributed by atoms with Crippen LogP contribution in [-0.2, 0) is 23.9 Å². The first-order valence-corrected chi connectivity index (χ1v) is 18.4. The Labute approximate surface area is 279 Å². The molecule has 0 aromatic carbocycles. The number of aliphatic hydroxyl groups excluding tert-OH is 3. The number of ether oxygens (including phenoxy) is 2. The summed E-state index contributed by atoms with van der Waals surface area (Å²) in [5.41, 5.74) is 0. The molecule has 0 unspecified atom stereocenters. The van der Waals surface area contributed by atoms with Gasteiger partial charge in [-0.15, -0.1) is 0 Å². The van der Waals surface area contributed by atoms with Crippen molar-refractivity contribution in [2.45, 2.75) is 167 Å². The van der Waals surface area contributed by atoms with Gasteiger partial charge in [0.1, 0.15) is 12.4 Å². The second-order valence-electron chi connectivity index (χ2n) is 13.6. The van der Waals surface area contributed by atoms with Gasteiger partial charge in [-0.2, -0.15) is 0 Å². The van der Waals surface area contributed by atoms with Gasteiger partial charge in [0.05, 0.1) is 18.8 Å². The number of Topliss-reactive ketones (excluding diaryl/α,β-unsaturated/α-hetero) is 1. The SMILES string of the molecule is CCCCC[C@H](O)/C=C/[C@H]1[C@H](O)CC(=O)[C@@H]1C/C=C\CCCC(=O)O[C@@H](CO)COC(=O)CCCCCCCCCCCC(C)C. The highest BCUT2D eigenvalue weighted by molar-refractivity contribution is 5.84. The largest absolute Gasteiger partial charge is 0.462 e. The lowest BCUT2D eigenvalue weighted by Crippen LogP contribution is -2.28. The van der Waals surface area contributed by atoms with Gasteiger partial charge in [-0.25, -0.2) is 0 Å². The van der Waals surface area contributed by atoms with Gasteiger partial charge in [-0.05, 0) is 38.0 Å². The smallest absolute Gasteiger partial charge is 0.306 e. The van der Waals surface area contributed by atoms with Gasteiger partial charge in [0, 0.05) is 31.1 Å². The third-order valence-electron chi connectivity index (χ3n) is 8.79. The first kappa shape index (κ1) is 42.0. The molecule has 1 aliphatic rings. The average Bonchev–Trinajstić information content (AvgIpc) is 3.29. The second kappa shape index (κ2) is 27.0. The molecular formula is C38H66O8. The predicted molar refractivity (Wildman–Crippen MR) is 183 cm³/mol. The summed E-state index contributed by atoms with van der Waals surface area (Å²) < 4.78 is 10.5. The quantitative estimate of drug-likeness (QED) is 0.0449. The van der Waals surface area contributed by atoms with Gasteiger partial charge in [0.2, 0.25) is 0 Å². The number of hydrogen-bond acceptors (Lipinski definition) is 8. The third-order valence-corrected chi connectivity index (χ3v) is 8.79. The first-order chi connectivity index (χ1) is 22.2. The molecule has 0 aliphatic heterocycles. The van der Waals surface area contributed by atoms with Crippen LogP contribution in [-0.4, -0.2) is 64.6 Å². The number of esters is 2. The molecule has 0 radical (unpaired) electrons. The highest BCUT2D eigenvalue weighted by Crippen LogP contribution is 2.33. The van der Waals surface area contributed by atoms with E-state index in [4.69, 9.17) is 9.47 Å². The molecule has 1 aliphatic carbocycles. The molecule has 1 rings (SSSR count). The number of carbonyl (C=O) groups is 3. The summed E-state index contributed by atoms with van der Waals surface area (Å²) in [6.45, 7) is 6.10. The highest BCUT2D eigenvalue weighted by Gasteiger charge is 2.39. The lowest BCUT2D eigenvalue weighted by molar-refractivity contribution is -0.161. The van der Waals surface area contributed by atoms with Crippen LogP contribution >= 0.6 is 0 Å². The Morgan fingerprint density at radius 1 is 0.870 bits per heavy atom. The van der Waals surface area contributed by atoms with Gasteiger partial charge >= 0.3 is 11.9 Å². The van der Waals surface area contributed by atoms with Crippen LogP contribution in [0.25, 0.3) is 0 Å². The molecule has 5 atom stereocenters. The normalized spacial score (nSPS) is 19.8. The first-order valence-electron chi connectivity index (χ1n) is 18.4. The monoisotopic (exact) mass is 650 g/mol. The Balaban J connectivity index is 2.17. The maximum Gasteiger partial charge on any atom is 0.306 e. The van der Waals surface area contributed by atoms with Crippen molar-refractivity contribution in [1.29, 1.82) is 0 Å². The Kier molecular flexibility index (Phi) is 24.6. The Morgan fingerprint density at radius 2 is 1.50 bits per heavy atom. The summed E-state index contributed by atoms with van der Waals surface area (Å²) in [6.07, 6.45) is 23.2. The predicted octanol–water partition coefficient (Wildman–Crippen LogP) is 7.56. The molecule has 0 saturated heterocycles. The molecule has 0 amide bonds. The van der Waals surface area contributed by atoms with E-state index in [0.29, 0.717) is 32.1 Å². The van der Waals surface area contributed by atoms with Crippen LogP contribution < -0.4 is 0 Å². The standard InChI is InChI=1S/C38H66O8/c1-4-5-15-21-31(40)25-26-34-33(35(41)27-36(34)42)22-17-13-14-19-24-38(44)46-32(28-39)29-45-37(43)23-18-12-10-8-6-7-9-11-16-20-30(2)3/h13,17,25-26,30-34,36,39-40,42H,4-12,14-16,18-24,27-29H2,1-3H3/b17-13-,26-25+/t31-,32-,33+,34+,36+/m0/s1. The molecule has 8 heteroatoms. The van der Waals surface area contributed by atoms with Crippen LogP contribution in [0.3, 0.4) is 0 Å². The Bertz CT molecular complexity index is 867. The highest BCUT2D eigenvalue weighted by atomic mass is 16.6. The molecule has 266 valence electrons. The number of unbranched alkanes of at least 4 members (excludes halogenated alkanes) is 11. The summed E-state index contributed by atoms with van der Waals surface area (Å²) in [5.74, 6) is -0.589. The zero-order chi connectivity index (χ0) is 34.0. The van der Waals surface area contributed by atoms with E-state index in [9.17, 15) is 29.7 Å². The van der Waals surface area contributed by atoms with Crippen LogP contribution in [0.4, 0.5) is 0 Å². The van der Waals surface area contributed by atoms with E-state index in [1.807, 2.05) is 12.2 Å². The molecular weight excluding hydrogens is 584 g/mol. The molecule has 0 bridgehead atoms. The maximum atomic E-state index is 12.4. The van der Waals surface area contributed by atoms with Gasteiger partial charge in [0.15, 0.2) is 6.10 Å². The second-order valence-corrected chi connectivity index (χ2v) is 13.6. The molecule has 0 spiro atoms. The Morgan fingerprint density at radius 3 is 2.15 bits per heavy atom. The fraction of sp³-hybridized carbons (Fsp3) is 0.816. The summed E-state index contributed by atoms with van der Waals surface area (Å²) in [7, 11) is 0. The number of rotatable bonds is 28. The van der Waals surface area contributed by atoms with Crippen LogP contribution in [0.5, 0.6) is 0 Å². The van der Waals surface area contributed by atoms with Gasteiger partial charge < -0.3 is 24.8 Å². The van der Waals surface area contributed by atoms with Crippen molar-refractivity contribution in [3.05, 3.63) is 24.3 Å². The fourth-order valence-corrected chi connectivity index (χ4v) is 5.89. The summed E-state index contributed by atoms with van der Waals surface area (Å²) in [6, 6.07) is 0. The number of carbonyl (C=O) groups excluding carboxylic acids is 3. The molecule has 3 N–H and O–H groups in total. The molecule has 0 heterocycles. The topological polar surface area (TPSA) is 130 Å². The van der Waals surface area contributed by atoms with Crippen molar-refractivity contribution in [3.8, 4) is 0 Å². The van der Waals surface area contributed by atoms with Crippen LogP contribution in [0.15, 0.2) is 24.3 Å². The van der Waals surface area contributed by atoms with Crippen LogP contribution in [0, 0.1) is 17.8 Å². The van der Waals surface area contributed by atoms with Gasteiger partial charge in [-0.1, -0.05) is 122 Å². The average molecular weight is 651 g/mol. The maximum absolute atomic E-state index is 12.4. The fourth-order valence-electron chi connectivity index (χ4n) is 5.89. The number of allylic oxidation sites excluding steroid dienone is 2. The minimum atomic E-state index is -0.873. The molecule has 0 aromatic rings. The summed E-state index contributed by atoms with van der Waals surface area (Å²) >= 11 is 0. The summed E-state index contributed by atoms with van der Waals surface area (Å²) in [5, 5.41) is 30.1.